The predicted molar refractivity (Wildman–Crippen MR) is 129 cm³/mol. The number of nitrogens with zero attached hydrogens (tertiary/aromatic N) is 1. The number of rotatable bonds is 5. The van der Waals surface area contributed by atoms with E-state index in [0.717, 1.165) is 0 Å². The summed E-state index contributed by atoms with van der Waals surface area (Å²) in [6.45, 7) is 7.33. The molecule has 5 atom stereocenters. The van der Waals surface area contributed by atoms with Crippen LogP contribution in [0.2, 0.25) is 0 Å². The van der Waals surface area contributed by atoms with Gasteiger partial charge in [-0.05, 0) is 47.0 Å². The first-order valence-electron chi connectivity index (χ1n) is 12.6. The van der Waals surface area contributed by atoms with Gasteiger partial charge < -0.3 is 34.5 Å². The summed E-state index contributed by atoms with van der Waals surface area (Å²) in [5.74, 6) is -1.93. The predicted octanol–water partition coefficient (Wildman–Crippen LogP) is 0.827. The van der Waals surface area contributed by atoms with Crippen molar-refractivity contribution in [3.05, 3.63) is 12.2 Å². The third-order valence-corrected chi connectivity index (χ3v) is 6.40. The summed E-state index contributed by atoms with van der Waals surface area (Å²) in [4.78, 5) is 64.6. The maximum atomic E-state index is 13.6. The van der Waals surface area contributed by atoms with Crippen molar-refractivity contribution in [3.63, 3.8) is 0 Å². The average molecular weight is 524 g/mol. The van der Waals surface area contributed by atoms with Crippen molar-refractivity contribution < 1.29 is 42.9 Å². The number of carbonyl (C=O) groups excluding carboxylic acids is 5. The Balaban J connectivity index is 1.88. The van der Waals surface area contributed by atoms with E-state index in [2.05, 4.69) is 10.6 Å². The molecule has 0 unspecified atom stereocenters. The van der Waals surface area contributed by atoms with Crippen molar-refractivity contribution >= 4 is 30.3 Å². The standard InChI is InChI=1S/C25H37N3O9/c1-5-35-22(32)25-12-16(25)9-7-6-8-10-34-14-18(26-23(33)37-24(2,3)4)21(31)28-13-17(36-15-29)11-19(28)20(30)27-25/h7,9,15-19H,5-6,8,10-14H2,1-4H3,(H,26,33)(H,27,30)/b9-7-/t16-,17-,18+,19+,25-/m1/s1. The summed E-state index contributed by atoms with van der Waals surface area (Å²) < 4.78 is 21.3. The minimum absolute atomic E-state index is 0.0374. The molecule has 1 saturated heterocycles. The zero-order valence-electron chi connectivity index (χ0n) is 21.8. The van der Waals surface area contributed by atoms with E-state index in [4.69, 9.17) is 18.9 Å². The van der Waals surface area contributed by atoms with Crippen LogP contribution in [0.15, 0.2) is 12.2 Å². The third kappa shape index (κ3) is 7.21. The van der Waals surface area contributed by atoms with E-state index < -0.39 is 53.2 Å². The Morgan fingerprint density at radius 1 is 1.32 bits per heavy atom. The molecule has 0 aromatic carbocycles. The Morgan fingerprint density at radius 3 is 2.76 bits per heavy atom. The fourth-order valence-electron chi connectivity index (χ4n) is 4.57. The molecule has 12 heteroatoms. The van der Waals surface area contributed by atoms with Crippen LogP contribution in [0.1, 0.15) is 53.4 Å². The highest BCUT2D eigenvalue weighted by atomic mass is 16.6. The molecule has 0 bridgehead atoms. The van der Waals surface area contributed by atoms with Crippen LogP contribution in [-0.4, -0.2) is 90.9 Å². The Kier molecular flexibility index (Phi) is 9.16. The minimum atomic E-state index is -1.22. The van der Waals surface area contributed by atoms with Crippen LogP contribution in [0.5, 0.6) is 0 Å². The molecule has 3 amide bonds. The van der Waals surface area contributed by atoms with Gasteiger partial charge in [-0.1, -0.05) is 12.2 Å². The normalized spacial score (nSPS) is 31.4. The van der Waals surface area contributed by atoms with Crippen LogP contribution in [0.3, 0.4) is 0 Å². The fraction of sp³-hybridized carbons (Fsp3) is 0.720. The second-order valence-electron chi connectivity index (χ2n) is 10.4. The molecule has 3 rings (SSSR count). The van der Waals surface area contributed by atoms with E-state index in [0.29, 0.717) is 25.9 Å². The van der Waals surface area contributed by atoms with E-state index in [-0.39, 0.29) is 38.6 Å². The molecule has 1 aliphatic carbocycles. The fourth-order valence-corrected chi connectivity index (χ4v) is 4.57. The van der Waals surface area contributed by atoms with Gasteiger partial charge in [-0.25, -0.2) is 9.59 Å². The van der Waals surface area contributed by atoms with Gasteiger partial charge in [0.25, 0.3) is 6.47 Å². The van der Waals surface area contributed by atoms with Gasteiger partial charge in [-0.3, -0.25) is 14.4 Å². The van der Waals surface area contributed by atoms with Crippen molar-refractivity contribution in [2.75, 3.05) is 26.4 Å². The van der Waals surface area contributed by atoms with E-state index in [9.17, 15) is 24.0 Å². The second-order valence-corrected chi connectivity index (χ2v) is 10.4. The molecule has 2 fully saturated rings. The Bertz CT molecular complexity index is 916. The van der Waals surface area contributed by atoms with Crippen LogP contribution in [-0.2, 0) is 38.1 Å². The summed E-state index contributed by atoms with van der Waals surface area (Å²) in [7, 11) is 0. The molecule has 0 aromatic heterocycles. The third-order valence-electron chi connectivity index (χ3n) is 6.40. The van der Waals surface area contributed by atoms with Gasteiger partial charge in [0.15, 0.2) is 0 Å². The maximum absolute atomic E-state index is 13.6. The Labute approximate surface area is 216 Å². The lowest BCUT2D eigenvalue weighted by Gasteiger charge is -2.30. The highest BCUT2D eigenvalue weighted by molar-refractivity contribution is 5.96. The molecule has 2 heterocycles. The highest BCUT2D eigenvalue weighted by Gasteiger charge is 2.62. The molecule has 0 aromatic rings. The van der Waals surface area contributed by atoms with Crippen LogP contribution >= 0.6 is 0 Å². The molecular weight excluding hydrogens is 486 g/mol. The zero-order valence-corrected chi connectivity index (χ0v) is 21.8. The number of ether oxygens (including phenoxy) is 4. The molecular formula is C25H37N3O9. The number of nitrogens with one attached hydrogen (secondary N) is 2. The number of hydrogen-bond donors (Lipinski definition) is 2. The number of fused-ring (bicyclic) bond motifs is 2. The molecule has 12 nitrogen and oxygen atoms in total. The Morgan fingerprint density at radius 2 is 2.08 bits per heavy atom. The molecule has 2 aliphatic heterocycles. The summed E-state index contributed by atoms with van der Waals surface area (Å²) in [5.41, 5.74) is -2.01. The first-order valence-corrected chi connectivity index (χ1v) is 12.6. The number of alkyl carbamates (subject to hydrolysis) is 1. The summed E-state index contributed by atoms with van der Waals surface area (Å²) in [5, 5.41) is 5.36. The van der Waals surface area contributed by atoms with Gasteiger partial charge in [0.1, 0.15) is 29.3 Å². The smallest absolute Gasteiger partial charge is 0.408 e. The summed E-state index contributed by atoms with van der Waals surface area (Å²) >= 11 is 0. The first kappa shape index (κ1) is 28.4. The number of esters is 1. The van der Waals surface area contributed by atoms with E-state index in [1.165, 1.54) is 4.90 Å². The monoisotopic (exact) mass is 523 g/mol. The molecule has 3 aliphatic rings. The van der Waals surface area contributed by atoms with E-state index >= 15 is 0 Å². The molecule has 37 heavy (non-hydrogen) atoms. The minimum Gasteiger partial charge on any atom is -0.464 e. The van der Waals surface area contributed by atoms with Gasteiger partial charge in [0.2, 0.25) is 11.8 Å². The first-order chi connectivity index (χ1) is 17.5. The van der Waals surface area contributed by atoms with Crippen molar-refractivity contribution in [3.8, 4) is 0 Å². The van der Waals surface area contributed by atoms with Gasteiger partial charge in [0, 0.05) is 18.9 Å². The average Bonchev–Trinajstić information content (AvgIpc) is 3.33. The van der Waals surface area contributed by atoms with Gasteiger partial charge in [0.05, 0.1) is 19.8 Å². The lowest BCUT2D eigenvalue weighted by atomic mass is 10.1. The van der Waals surface area contributed by atoms with Crippen LogP contribution in [0, 0.1) is 5.92 Å². The van der Waals surface area contributed by atoms with Crippen LogP contribution < -0.4 is 10.6 Å². The van der Waals surface area contributed by atoms with Crippen LogP contribution in [0.25, 0.3) is 0 Å². The number of hydrogen-bond acceptors (Lipinski definition) is 9. The zero-order chi connectivity index (χ0) is 27.2. The second kappa shape index (κ2) is 11.9. The lowest BCUT2D eigenvalue weighted by molar-refractivity contribution is -0.150. The quantitative estimate of drug-likeness (QED) is 0.231. The molecule has 0 radical (unpaired) electrons. The number of amides is 3. The van der Waals surface area contributed by atoms with Gasteiger partial charge in [-0.2, -0.15) is 0 Å². The summed E-state index contributed by atoms with van der Waals surface area (Å²) in [6, 6.07) is -2.18. The SMILES string of the molecule is CCOC(=O)[C@@]12C[C@H]1/C=C\CCCOC[C@H](NC(=O)OC(C)(C)C)C(=O)N1C[C@H](OC=O)C[C@H]1C(=O)N2. The van der Waals surface area contributed by atoms with Crippen molar-refractivity contribution in [2.45, 2.75) is 82.7 Å². The molecule has 2 N–H and O–H groups in total. The highest BCUT2D eigenvalue weighted by Crippen LogP contribution is 2.46. The lowest BCUT2D eigenvalue weighted by Crippen LogP contribution is -2.57. The van der Waals surface area contributed by atoms with E-state index in [1.54, 1.807) is 27.7 Å². The topological polar surface area (TPSA) is 150 Å². The van der Waals surface area contributed by atoms with E-state index in [1.807, 2.05) is 12.2 Å². The molecule has 1 saturated carbocycles. The summed E-state index contributed by atoms with van der Waals surface area (Å²) in [6.07, 6.45) is 4.01. The largest absolute Gasteiger partial charge is 0.464 e. The molecule has 206 valence electrons. The number of carbonyl (C=O) groups is 5. The van der Waals surface area contributed by atoms with Gasteiger partial charge >= 0.3 is 12.1 Å². The maximum Gasteiger partial charge on any atom is 0.408 e. The molecule has 0 spiro atoms. The Hall–Kier alpha value is -3.15. The van der Waals surface area contributed by atoms with Crippen molar-refractivity contribution in [2.24, 2.45) is 5.92 Å². The van der Waals surface area contributed by atoms with Gasteiger partial charge in [-0.15, -0.1) is 0 Å². The van der Waals surface area contributed by atoms with Crippen molar-refractivity contribution in [1.82, 2.24) is 15.5 Å². The van der Waals surface area contributed by atoms with Crippen LogP contribution in [0.4, 0.5) is 4.79 Å². The van der Waals surface area contributed by atoms with Crippen molar-refractivity contribution in [1.29, 1.82) is 0 Å². The number of allylic oxidation sites excluding steroid dienone is 1.